The number of phenols is 1. The first-order valence-electron chi connectivity index (χ1n) is 9.02. The average molecular weight is 481 g/mol. The van der Waals surface area contributed by atoms with E-state index in [2.05, 4.69) is 15.3 Å². The number of hydrogen-bond acceptors (Lipinski definition) is 3. The highest BCUT2D eigenvalue weighted by Crippen LogP contribution is 2.37. The Morgan fingerprint density at radius 2 is 1.40 bits per heavy atom. The first-order chi connectivity index (χ1) is 14.2. The zero-order chi connectivity index (χ0) is 22.0. The Balaban J connectivity index is 1.91. The molecule has 0 aromatic heterocycles. The van der Waals surface area contributed by atoms with Gasteiger partial charge in [0.25, 0.3) is 0 Å². The molecule has 0 aliphatic heterocycles. The molecule has 158 valence electrons. The van der Waals surface area contributed by atoms with Crippen molar-refractivity contribution in [2.45, 2.75) is 30.6 Å². The van der Waals surface area contributed by atoms with Crippen molar-refractivity contribution in [3.63, 3.8) is 0 Å². The Labute approximate surface area is 191 Å². The van der Waals surface area contributed by atoms with E-state index in [-0.39, 0.29) is 10.6 Å². The first kappa shape index (κ1) is 22.7. The van der Waals surface area contributed by atoms with Crippen LogP contribution in [0.1, 0.15) is 16.7 Å². The number of halogens is 2. The molecule has 0 heterocycles. The summed E-state index contributed by atoms with van der Waals surface area (Å²) in [5.41, 5.74) is 4.08. The minimum atomic E-state index is -1.68. The minimum absolute atomic E-state index is 0.0438. The van der Waals surface area contributed by atoms with Crippen LogP contribution in [0.5, 0.6) is 5.75 Å². The zero-order valence-electron chi connectivity index (χ0n) is 16.8. The van der Waals surface area contributed by atoms with Crippen LogP contribution in [0.25, 0.3) is 0 Å². The van der Waals surface area contributed by atoms with Crippen molar-refractivity contribution in [1.82, 2.24) is 0 Å². The maximum absolute atomic E-state index is 13.0. The Morgan fingerprint density at radius 3 is 1.97 bits per heavy atom. The molecule has 3 rings (SSSR count). The highest BCUT2D eigenvalue weighted by Gasteiger charge is 2.16. The third-order valence-electron chi connectivity index (χ3n) is 4.69. The van der Waals surface area contributed by atoms with Crippen LogP contribution in [0.2, 0.25) is 10.0 Å². The van der Waals surface area contributed by atoms with Crippen molar-refractivity contribution in [3.8, 4) is 5.75 Å². The summed E-state index contributed by atoms with van der Waals surface area (Å²) in [7, 11) is -2.34. The van der Waals surface area contributed by atoms with Crippen molar-refractivity contribution < 1.29 is 9.32 Å². The summed E-state index contributed by atoms with van der Waals surface area (Å²) in [6, 6.07) is 14.3. The second-order valence-electron chi connectivity index (χ2n) is 6.77. The summed E-state index contributed by atoms with van der Waals surface area (Å²) >= 11 is 12.4. The second kappa shape index (κ2) is 9.43. The largest absolute Gasteiger partial charge is 0.507 e. The molecule has 0 amide bonds. The van der Waals surface area contributed by atoms with E-state index >= 15 is 0 Å². The Kier molecular flexibility index (Phi) is 7.14. The topological polar surface area (TPSA) is 61.4 Å². The van der Waals surface area contributed by atoms with Crippen molar-refractivity contribution in [1.29, 1.82) is 0 Å². The lowest BCUT2D eigenvalue weighted by atomic mass is 10.2. The van der Waals surface area contributed by atoms with Gasteiger partial charge in [-0.05, 0) is 73.9 Å². The molecule has 2 unspecified atom stereocenters. The van der Waals surface area contributed by atoms with Gasteiger partial charge in [0.15, 0.2) is 11.0 Å². The van der Waals surface area contributed by atoms with Crippen molar-refractivity contribution in [2.75, 3.05) is 9.44 Å². The van der Waals surface area contributed by atoms with Crippen LogP contribution in [0.15, 0.2) is 58.3 Å². The van der Waals surface area contributed by atoms with Crippen LogP contribution in [-0.2, 0) is 11.0 Å². The molecule has 3 N–H and O–H groups in total. The minimum Gasteiger partial charge on any atom is -0.507 e. The Bertz CT molecular complexity index is 1080. The van der Waals surface area contributed by atoms with Crippen molar-refractivity contribution >= 4 is 62.1 Å². The SMILES string of the molecule is C=S(Nc1cccc(Cl)c1C)c1cc(S(=O)Nc2cccc(Cl)c2C)c(O)cc1C. The van der Waals surface area contributed by atoms with Gasteiger partial charge in [0, 0.05) is 20.6 Å². The number of aromatic hydroxyl groups is 1. The monoisotopic (exact) mass is 480 g/mol. The van der Waals surface area contributed by atoms with Gasteiger partial charge in [0.2, 0.25) is 0 Å². The molecular formula is C22H22Cl2N2O2S2. The van der Waals surface area contributed by atoms with Gasteiger partial charge in [-0.3, -0.25) is 0 Å². The number of phenolic OH excluding ortho intramolecular Hbond substituents is 1. The van der Waals surface area contributed by atoms with E-state index < -0.39 is 21.7 Å². The summed E-state index contributed by atoms with van der Waals surface area (Å²) < 4.78 is 19.3. The van der Waals surface area contributed by atoms with Crippen molar-refractivity contribution in [3.05, 3.63) is 75.3 Å². The molecule has 0 radical (unpaired) electrons. The fourth-order valence-corrected chi connectivity index (χ4v) is 5.58. The average Bonchev–Trinajstić information content (AvgIpc) is 2.69. The molecule has 0 bridgehead atoms. The summed E-state index contributed by atoms with van der Waals surface area (Å²) in [6.45, 7) is 5.66. The van der Waals surface area contributed by atoms with Crippen LogP contribution in [0.3, 0.4) is 0 Å². The van der Waals surface area contributed by atoms with E-state index in [9.17, 15) is 9.32 Å². The number of aryl methyl sites for hydroxylation is 1. The standard InChI is InChI=1S/C22H22Cl2N2O2S2/c1-13-11-20(27)22(30(28)26-19-10-6-8-17(24)15(19)3)12-21(13)29(4)25-18-9-5-7-16(23)14(18)2/h5-12,25-27H,4H2,1-3H3. The first-order valence-corrected chi connectivity index (χ1v) is 12.3. The Morgan fingerprint density at radius 1 is 0.867 bits per heavy atom. The fraction of sp³-hybridized carbons (Fsp3) is 0.136. The number of nitrogens with one attached hydrogen (secondary N) is 2. The van der Waals surface area contributed by atoms with Gasteiger partial charge in [-0.1, -0.05) is 51.9 Å². The molecular weight excluding hydrogens is 459 g/mol. The van der Waals surface area contributed by atoms with Crippen LogP contribution >= 0.6 is 33.9 Å². The lowest BCUT2D eigenvalue weighted by Gasteiger charge is -2.18. The van der Waals surface area contributed by atoms with Gasteiger partial charge in [-0.15, -0.1) is 0 Å². The highest BCUT2D eigenvalue weighted by atomic mass is 35.5. The lowest BCUT2D eigenvalue weighted by molar-refractivity contribution is 0.460. The van der Waals surface area contributed by atoms with Gasteiger partial charge in [0.1, 0.15) is 10.6 Å². The summed E-state index contributed by atoms with van der Waals surface area (Å²) in [6.07, 6.45) is 0. The maximum Gasteiger partial charge on any atom is 0.154 e. The number of hydrogen-bond donors (Lipinski definition) is 3. The van der Waals surface area contributed by atoms with Gasteiger partial charge < -0.3 is 14.6 Å². The lowest BCUT2D eigenvalue weighted by Crippen LogP contribution is -2.07. The van der Waals surface area contributed by atoms with Crippen molar-refractivity contribution in [2.24, 2.45) is 0 Å². The second-order valence-corrected chi connectivity index (χ2v) is 10.2. The molecule has 2 atom stereocenters. The maximum atomic E-state index is 13.0. The molecule has 4 nitrogen and oxygen atoms in total. The predicted molar refractivity (Wildman–Crippen MR) is 132 cm³/mol. The predicted octanol–water partition coefficient (Wildman–Crippen LogP) is 6.85. The molecule has 0 saturated carbocycles. The van der Waals surface area contributed by atoms with Gasteiger partial charge in [-0.25, -0.2) is 4.21 Å². The van der Waals surface area contributed by atoms with Gasteiger partial charge in [-0.2, -0.15) is 0 Å². The summed E-state index contributed by atoms with van der Waals surface area (Å²) in [5, 5.41) is 11.7. The summed E-state index contributed by atoms with van der Waals surface area (Å²) in [5.74, 6) is 4.19. The van der Waals surface area contributed by atoms with E-state index in [1.807, 2.05) is 39.0 Å². The molecule has 3 aromatic rings. The molecule has 3 aromatic carbocycles. The van der Waals surface area contributed by atoms with Crippen LogP contribution in [-0.4, -0.2) is 15.2 Å². The Hall–Kier alpha value is -1.99. The van der Waals surface area contributed by atoms with E-state index in [1.54, 1.807) is 30.3 Å². The highest BCUT2D eigenvalue weighted by molar-refractivity contribution is 8.15. The number of rotatable bonds is 6. The van der Waals surface area contributed by atoms with E-state index in [0.29, 0.717) is 15.7 Å². The van der Waals surface area contributed by atoms with Crippen LogP contribution in [0, 0.1) is 20.8 Å². The molecule has 0 spiro atoms. The fourth-order valence-electron chi connectivity index (χ4n) is 2.85. The molecule has 8 heteroatoms. The molecule has 0 aliphatic carbocycles. The molecule has 30 heavy (non-hydrogen) atoms. The van der Waals surface area contributed by atoms with Gasteiger partial charge in [0.05, 0.1) is 5.69 Å². The molecule has 0 fully saturated rings. The smallest absolute Gasteiger partial charge is 0.154 e. The van der Waals surface area contributed by atoms with E-state index in [1.165, 1.54) is 0 Å². The van der Waals surface area contributed by atoms with E-state index in [0.717, 1.165) is 27.3 Å². The van der Waals surface area contributed by atoms with Crippen LogP contribution in [0.4, 0.5) is 11.4 Å². The number of anilines is 2. The summed E-state index contributed by atoms with van der Waals surface area (Å²) in [4.78, 5) is 1.13. The number of benzene rings is 3. The van der Waals surface area contributed by atoms with Gasteiger partial charge >= 0.3 is 0 Å². The third kappa shape index (κ3) is 4.83. The quantitative estimate of drug-likeness (QED) is 0.338. The van der Waals surface area contributed by atoms with Crippen LogP contribution < -0.4 is 9.44 Å². The zero-order valence-corrected chi connectivity index (χ0v) is 19.9. The molecule has 0 saturated heterocycles. The van der Waals surface area contributed by atoms with E-state index in [4.69, 9.17) is 23.2 Å². The third-order valence-corrected chi connectivity index (χ3v) is 8.08. The molecule has 0 aliphatic rings. The normalized spacial score (nSPS) is 13.0.